The molecule has 2 N–H and O–H groups in total. The van der Waals surface area contributed by atoms with Crippen molar-refractivity contribution in [2.45, 2.75) is 0 Å². The minimum atomic E-state index is -3.31. The molecule has 0 aliphatic rings. The van der Waals surface area contributed by atoms with Crippen molar-refractivity contribution in [1.29, 1.82) is 0 Å². The van der Waals surface area contributed by atoms with Gasteiger partial charge in [0.2, 0.25) is 15.6 Å². The zero-order valence-corrected chi connectivity index (χ0v) is 10.5. The summed E-state index contributed by atoms with van der Waals surface area (Å²) in [5.41, 5.74) is 1.63. The third-order valence-corrected chi connectivity index (χ3v) is 2.85. The molecule has 0 bridgehead atoms. The first kappa shape index (κ1) is 12.4. The predicted molar refractivity (Wildman–Crippen MR) is 71.0 cm³/mol. The summed E-state index contributed by atoms with van der Waals surface area (Å²) in [7, 11) is -3.31. The first-order chi connectivity index (χ1) is 8.44. The van der Waals surface area contributed by atoms with Crippen molar-refractivity contribution in [3.63, 3.8) is 0 Å². The zero-order valence-electron chi connectivity index (χ0n) is 9.67. The number of benzene rings is 1. The summed E-state index contributed by atoms with van der Waals surface area (Å²) in [5, 5.41) is 0. The third-order valence-electron chi connectivity index (χ3n) is 2.25. The van der Waals surface area contributed by atoms with Gasteiger partial charge >= 0.3 is 0 Å². The number of sulfonamides is 1. The topological polar surface area (TPSA) is 79.0 Å². The molecule has 0 spiro atoms. The number of hydrogen-bond donors (Lipinski definition) is 2. The first-order valence-corrected chi connectivity index (χ1v) is 7.11. The molecule has 0 radical (unpaired) electrons. The summed E-state index contributed by atoms with van der Waals surface area (Å²) in [5.74, 6) is 0. The molecule has 0 aliphatic heterocycles. The molecule has 0 amide bonds. The van der Waals surface area contributed by atoms with E-state index in [1.54, 1.807) is 36.4 Å². The second kappa shape index (κ2) is 4.66. The number of aromatic nitrogens is 1. The Balaban J connectivity index is 2.42. The summed E-state index contributed by atoms with van der Waals surface area (Å²) in [6, 6.07) is 11.6. The lowest BCUT2D eigenvalue weighted by Crippen LogP contribution is -2.09. The van der Waals surface area contributed by atoms with Gasteiger partial charge in [0.15, 0.2) is 0 Å². The average molecular weight is 264 g/mol. The van der Waals surface area contributed by atoms with E-state index in [2.05, 4.69) is 9.71 Å². The van der Waals surface area contributed by atoms with Crippen molar-refractivity contribution < 1.29 is 8.42 Å². The van der Waals surface area contributed by atoms with E-state index >= 15 is 0 Å². The van der Waals surface area contributed by atoms with E-state index in [0.29, 0.717) is 11.4 Å². The van der Waals surface area contributed by atoms with E-state index in [9.17, 15) is 13.2 Å². The Morgan fingerprint density at radius 1 is 1.11 bits per heavy atom. The Bertz CT molecular complexity index is 720. The maximum Gasteiger partial charge on any atom is 0.248 e. The standard InChI is InChI=1S/C12H12N2O3S/c1-18(16,17)14-10-5-2-4-9(8-10)11-6-3-7-12(15)13-11/h2-8,14H,1H3,(H,13,15). The molecular weight excluding hydrogens is 252 g/mol. The molecule has 0 atom stereocenters. The molecule has 5 nitrogen and oxygen atoms in total. The van der Waals surface area contributed by atoms with Gasteiger partial charge in [-0.15, -0.1) is 0 Å². The van der Waals surface area contributed by atoms with E-state index < -0.39 is 10.0 Å². The Kier molecular flexibility index (Phi) is 3.20. The van der Waals surface area contributed by atoms with Crippen LogP contribution >= 0.6 is 0 Å². The van der Waals surface area contributed by atoms with Gasteiger partial charge in [-0.05, 0) is 18.2 Å². The molecule has 0 saturated carbocycles. The molecule has 6 heteroatoms. The second-order valence-electron chi connectivity index (χ2n) is 3.88. The fourth-order valence-electron chi connectivity index (χ4n) is 1.58. The average Bonchev–Trinajstić information content (AvgIpc) is 2.27. The SMILES string of the molecule is CS(=O)(=O)Nc1cccc(-c2cccc(=O)[nH]2)c1. The lowest BCUT2D eigenvalue weighted by molar-refractivity contribution is 0.607. The fourth-order valence-corrected chi connectivity index (χ4v) is 2.14. The van der Waals surface area contributed by atoms with Crippen LogP contribution in [0.25, 0.3) is 11.3 Å². The quantitative estimate of drug-likeness (QED) is 0.879. The van der Waals surface area contributed by atoms with Gasteiger partial charge < -0.3 is 4.98 Å². The van der Waals surface area contributed by atoms with E-state index in [0.717, 1.165) is 11.8 Å². The summed E-state index contributed by atoms with van der Waals surface area (Å²) in [6.45, 7) is 0. The van der Waals surface area contributed by atoms with Gasteiger partial charge in [-0.2, -0.15) is 0 Å². The largest absolute Gasteiger partial charge is 0.322 e. The Morgan fingerprint density at radius 2 is 1.83 bits per heavy atom. The van der Waals surface area contributed by atoms with Crippen LogP contribution in [0.4, 0.5) is 5.69 Å². The van der Waals surface area contributed by atoms with Gasteiger partial charge in [-0.25, -0.2) is 8.42 Å². The lowest BCUT2D eigenvalue weighted by Gasteiger charge is -2.06. The summed E-state index contributed by atoms with van der Waals surface area (Å²) in [6.07, 6.45) is 1.09. The van der Waals surface area contributed by atoms with Gasteiger partial charge in [0.05, 0.1) is 6.26 Å². The molecule has 2 rings (SSSR count). The molecule has 1 heterocycles. The van der Waals surface area contributed by atoms with Crippen LogP contribution in [0.2, 0.25) is 0 Å². The van der Waals surface area contributed by atoms with Crippen LogP contribution < -0.4 is 10.3 Å². The maximum atomic E-state index is 11.2. The zero-order chi connectivity index (χ0) is 13.2. The highest BCUT2D eigenvalue weighted by Crippen LogP contribution is 2.20. The van der Waals surface area contributed by atoms with Crippen LogP contribution in [0.15, 0.2) is 47.3 Å². The highest BCUT2D eigenvalue weighted by atomic mass is 32.2. The highest BCUT2D eigenvalue weighted by Gasteiger charge is 2.04. The van der Waals surface area contributed by atoms with Crippen molar-refractivity contribution in [3.05, 3.63) is 52.8 Å². The van der Waals surface area contributed by atoms with Gasteiger partial charge in [-0.1, -0.05) is 18.2 Å². The Labute approximate surface area is 105 Å². The lowest BCUT2D eigenvalue weighted by atomic mass is 10.1. The van der Waals surface area contributed by atoms with Crippen LogP contribution in [-0.4, -0.2) is 19.7 Å². The van der Waals surface area contributed by atoms with Crippen molar-refractivity contribution in [2.75, 3.05) is 11.0 Å². The highest BCUT2D eigenvalue weighted by molar-refractivity contribution is 7.92. The third kappa shape index (κ3) is 3.21. The van der Waals surface area contributed by atoms with Gasteiger partial charge in [0.1, 0.15) is 0 Å². The van der Waals surface area contributed by atoms with E-state index in [4.69, 9.17) is 0 Å². The van der Waals surface area contributed by atoms with Crippen molar-refractivity contribution in [1.82, 2.24) is 4.98 Å². The number of anilines is 1. The van der Waals surface area contributed by atoms with Gasteiger partial charge in [0, 0.05) is 23.0 Å². The smallest absolute Gasteiger partial charge is 0.248 e. The van der Waals surface area contributed by atoms with Crippen LogP contribution in [-0.2, 0) is 10.0 Å². The first-order valence-electron chi connectivity index (χ1n) is 5.22. The van der Waals surface area contributed by atoms with E-state index in [-0.39, 0.29) is 5.56 Å². The van der Waals surface area contributed by atoms with Crippen LogP contribution in [0, 0.1) is 0 Å². The number of pyridine rings is 1. The molecule has 2 aromatic rings. The number of nitrogens with one attached hydrogen (secondary N) is 2. The molecular formula is C12H12N2O3S. The summed E-state index contributed by atoms with van der Waals surface area (Å²) >= 11 is 0. The molecule has 94 valence electrons. The van der Waals surface area contributed by atoms with Crippen molar-refractivity contribution >= 4 is 15.7 Å². The molecule has 0 saturated heterocycles. The summed E-state index contributed by atoms with van der Waals surface area (Å²) in [4.78, 5) is 13.9. The number of aromatic amines is 1. The fraction of sp³-hybridized carbons (Fsp3) is 0.0833. The Hall–Kier alpha value is -2.08. The number of hydrogen-bond acceptors (Lipinski definition) is 3. The second-order valence-corrected chi connectivity index (χ2v) is 5.63. The molecule has 0 unspecified atom stereocenters. The van der Waals surface area contributed by atoms with Gasteiger partial charge in [0.25, 0.3) is 0 Å². The minimum absolute atomic E-state index is 0.200. The molecule has 18 heavy (non-hydrogen) atoms. The minimum Gasteiger partial charge on any atom is -0.322 e. The van der Waals surface area contributed by atoms with E-state index in [1.807, 2.05) is 0 Å². The Morgan fingerprint density at radius 3 is 2.50 bits per heavy atom. The van der Waals surface area contributed by atoms with Gasteiger partial charge in [-0.3, -0.25) is 9.52 Å². The monoisotopic (exact) mass is 264 g/mol. The summed E-state index contributed by atoms with van der Waals surface area (Å²) < 4.78 is 24.7. The number of rotatable bonds is 3. The molecule has 1 aromatic carbocycles. The van der Waals surface area contributed by atoms with Crippen LogP contribution in [0.1, 0.15) is 0 Å². The normalized spacial score (nSPS) is 11.2. The predicted octanol–water partition coefficient (Wildman–Crippen LogP) is 1.41. The molecule has 0 aliphatic carbocycles. The van der Waals surface area contributed by atoms with Crippen molar-refractivity contribution in [2.24, 2.45) is 0 Å². The van der Waals surface area contributed by atoms with Crippen LogP contribution in [0.5, 0.6) is 0 Å². The maximum absolute atomic E-state index is 11.2. The van der Waals surface area contributed by atoms with Crippen LogP contribution in [0.3, 0.4) is 0 Å². The molecule has 1 aromatic heterocycles. The van der Waals surface area contributed by atoms with E-state index in [1.165, 1.54) is 6.07 Å². The molecule has 0 fully saturated rings. The van der Waals surface area contributed by atoms with Crippen molar-refractivity contribution in [3.8, 4) is 11.3 Å². The number of H-pyrrole nitrogens is 1.